The van der Waals surface area contributed by atoms with Crippen molar-refractivity contribution >= 4 is 11.6 Å². The number of aryl methyl sites for hydroxylation is 2. The summed E-state index contributed by atoms with van der Waals surface area (Å²) in [6, 6.07) is 2.08. The molecule has 0 bridgehead atoms. The molecule has 3 aromatic heterocycles. The fraction of sp³-hybridized carbons (Fsp3) is 0.357. The molecular formula is C14H13F3N6O2. The predicted octanol–water partition coefficient (Wildman–Crippen LogP) is 2.02. The number of carbonyl (C=O) groups excluding carboxylic acids is 1. The Hall–Kier alpha value is -2.98. The molecule has 0 aliphatic rings. The lowest BCUT2D eigenvalue weighted by Crippen LogP contribution is -2.27. The summed E-state index contributed by atoms with van der Waals surface area (Å²) >= 11 is 0. The van der Waals surface area contributed by atoms with E-state index in [1.54, 1.807) is 6.92 Å². The Morgan fingerprint density at radius 1 is 1.28 bits per heavy atom. The van der Waals surface area contributed by atoms with E-state index in [4.69, 9.17) is 4.52 Å². The second-order valence-electron chi connectivity index (χ2n) is 5.48. The number of carbonyl (C=O) groups is 1. The summed E-state index contributed by atoms with van der Waals surface area (Å²) in [5.41, 5.74) is -1.04. The first-order valence-electron chi connectivity index (χ1n) is 7.14. The highest BCUT2D eigenvalue weighted by molar-refractivity contribution is 5.93. The van der Waals surface area contributed by atoms with E-state index < -0.39 is 17.8 Å². The number of rotatable bonds is 3. The minimum absolute atomic E-state index is 0.00608. The Balaban J connectivity index is 1.94. The van der Waals surface area contributed by atoms with Crippen LogP contribution in [0.25, 0.3) is 5.65 Å². The first kappa shape index (κ1) is 16.9. The van der Waals surface area contributed by atoms with Gasteiger partial charge in [0.15, 0.2) is 17.2 Å². The standard InChI is InChI=1S/C14H13F3N6O2/c1-7-4-10(14(15,16)17)23-11(18-7)5-9(20-23)13(24)22(3)6-12-19-8(2)21-25-12/h4-5H,6H2,1-3H3. The van der Waals surface area contributed by atoms with Crippen molar-refractivity contribution in [3.63, 3.8) is 0 Å². The summed E-state index contributed by atoms with van der Waals surface area (Å²) in [7, 11) is 1.45. The van der Waals surface area contributed by atoms with Crippen molar-refractivity contribution in [2.24, 2.45) is 0 Å². The van der Waals surface area contributed by atoms with Crippen molar-refractivity contribution in [1.29, 1.82) is 0 Å². The number of halogens is 3. The largest absolute Gasteiger partial charge is 0.433 e. The number of nitrogens with zero attached hydrogens (tertiary/aromatic N) is 6. The smallest absolute Gasteiger partial charge is 0.337 e. The first-order chi connectivity index (χ1) is 11.6. The number of hydrogen-bond acceptors (Lipinski definition) is 6. The number of aromatic nitrogens is 5. The molecule has 0 spiro atoms. The molecule has 3 aromatic rings. The molecule has 0 unspecified atom stereocenters. The average Bonchev–Trinajstić information content (AvgIpc) is 3.10. The van der Waals surface area contributed by atoms with Crippen LogP contribution < -0.4 is 0 Å². The molecule has 8 nitrogen and oxygen atoms in total. The quantitative estimate of drug-likeness (QED) is 0.715. The van der Waals surface area contributed by atoms with E-state index in [0.29, 0.717) is 10.3 Å². The molecule has 0 radical (unpaired) electrons. The maximum absolute atomic E-state index is 13.1. The fourth-order valence-corrected chi connectivity index (χ4v) is 2.28. The maximum atomic E-state index is 13.1. The van der Waals surface area contributed by atoms with Crippen LogP contribution in [0, 0.1) is 13.8 Å². The van der Waals surface area contributed by atoms with Gasteiger partial charge in [0.2, 0.25) is 5.89 Å². The van der Waals surface area contributed by atoms with Crippen LogP contribution in [0.1, 0.15) is 33.6 Å². The molecule has 0 aliphatic heterocycles. The second-order valence-corrected chi connectivity index (χ2v) is 5.48. The predicted molar refractivity (Wildman–Crippen MR) is 77.6 cm³/mol. The molecular weight excluding hydrogens is 341 g/mol. The minimum Gasteiger partial charge on any atom is -0.337 e. The normalized spacial score (nSPS) is 11.9. The number of amides is 1. The van der Waals surface area contributed by atoms with Crippen LogP contribution >= 0.6 is 0 Å². The van der Waals surface area contributed by atoms with Gasteiger partial charge in [-0.05, 0) is 19.9 Å². The third-order valence-corrected chi connectivity index (χ3v) is 3.35. The van der Waals surface area contributed by atoms with E-state index in [9.17, 15) is 18.0 Å². The van der Waals surface area contributed by atoms with E-state index in [2.05, 4.69) is 20.2 Å². The van der Waals surface area contributed by atoms with Crippen LogP contribution in [0.5, 0.6) is 0 Å². The zero-order valence-corrected chi connectivity index (χ0v) is 13.5. The van der Waals surface area contributed by atoms with Crippen molar-refractivity contribution in [2.75, 3.05) is 7.05 Å². The highest BCUT2D eigenvalue weighted by Gasteiger charge is 2.35. The molecule has 0 saturated carbocycles. The third-order valence-electron chi connectivity index (χ3n) is 3.35. The van der Waals surface area contributed by atoms with Crippen LogP contribution in [0.15, 0.2) is 16.7 Å². The van der Waals surface area contributed by atoms with Crippen molar-refractivity contribution in [1.82, 2.24) is 29.6 Å². The monoisotopic (exact) mass is 354 g/mol. The van der Waals surface area contributed by atoms with Crippen LogP contribution in [-0.4, -0.2) is 42.6 Å². The van der Waals surface area contributed by atoms with Crippen LogP contribution in [0.2, 0.25) is 0 Å². The van der Waals surface area contributed by atoms with E-state index in [0.717, 1.165) is 6.07 Å². The lowest BCUT2D eigenvalue weighted by atomic mass is 10.3. The Labute approximate surface area is 139 Å². The zero-order chi connectivity index (χ0) is 18.4. The van der Waals surface area contributed by atoms with Gasteiger partial charge in [0.05, 0.1) is 0 Å². The van der Waals surface area contributed by atoms with Gasteiger partial charge >= 0.3 is 6.18 Å². The Bertz CT molecular complexity index is 946. The molecule has 1 amide bonds. The summed E-state index contributed by atoms with van der Waals surface area (Å²) in [6.07, 6.45) is -4.62. The van der Waals surface area contributed by atoms with Crippen molar-refractivity contribution < 1.29 is 22.5 Å². The van der Waals surface area contributed by atoms with Gasteiger partial charge in [-0.15, -0.1) is 0 Å². The Morgan fingerprint density at radius 2 is 2.00 bits per heavy atom. The van der Waals surface area contributed by atoms with Gasteiger partial charge in [-0.1, -0.05) is 5.16 Å². The zero-order valence-electron chi connectivity index (χ0n) is 13.5. The summed E-state index contributed by atoms with van der Waals surface area (Å²) in [6.45, 7) is 3.07. The first-order valence-corrected chi connectivity index (χ1v) is 7.14. The molecule has 25 heavy (non-hydrogen) atoms. The van der Waals surface area contributed by atoms with Crippen molar-refractivity contribution in [2.45, 2.75) is 26.6 Å². The topological polar surface area (TPSA) is 89.4 Å². The van der Waals surface area contributed by atoms with Crippen molar-refractivity contribution in [3.05, 3.63) is 40.9 Å². The van der Waals surface area contributed by atoms with E-state index in [-0.39, 0.29) is 29.5 Å². The van der Waals surface area contributed by atoms with Gasteiger partial charge in [0.25, 0.3) is 5.91 Å². The Kier molecular flexibility index (Phi) is 3.93. The van der Waals surface area contributed by atoms with Crippen LogP contribution in [-0.2, 0) is 12.7 Å². The number of alkyl halides is 3. The molecule has 0 fully saturated rings. The summed E-state index contributed by atoms with van der Waals surface area (Å²) in [5, 5.41) is 7.37. The van der Waals surface area contributed by atoms with Crippen molar-refractivity contribution in [3.8, 4) is 0 Å². The minimum atomic E-state index is -4.62. The molecule has 132 valence electrons. The second kappa shape index (κ2) is 5.83. The van der Waals surface area contributed by atoms with E-state index in [1.807, 2.05) is 0 Å². The van der Waals surface area contributed by atoms with Crippen LogP contribution in [0.3, 0.4) is 0 Å². The SMILES string of the molecule is Cc1cc(C(F)(F)F)n2nc(C(=O)N(C)Cc3nc(C)no3)cc2n1. The molecule has 0 saturated heterocycles. The van der Waals surface area contributed by atoms with Gasteiger partial charge < -0.3 is 9.42 Å². The molecule has 0 aromatic carbocycles. The Morgan fingerprint density at radius 3 is 2.60 bits per heavy atom. The van der Waals surface area contributed by atoms with E-state index >= 15 is 0 Å². The summed E-state index contributed by atoms with van der Waals surface area (Å²) in [5.74, 6) is 0.0345. The molecule has 3 heterocycles. The highest BCUT2D eigenvalue weighted by atomic mass is 19.4. The molecule has 0 atom stereocenters. The van der Waals surface area contributed by atoms with Gasteiger partial charge in [-0.3, -0.25) is 4.79 Å². The fourth-order valence-electron chi connectivity index (χ4n) is 2.28. The molecule has 3 rings (SSSR count). The summed E-state index contributed by atoms with van der Waals surface area (Å²) < 4.78 is 45.0. The maximum Gasteiger partial charge on any atom is 0.433 e. The van der Waals surface area contributed by atoms with Gasteiger partial charge in [-0.25, -0.2) is 9.50 Å². The average molecular weight is 354 g/mol. The lowest BCUT2D eigenvalue weighted by Gasteiger charge is -2.12. The number of hydrogen-bond donors (Lipinski definition) is 0. The molecule has 0 N–H and O–H groups in total. The highest BCUT2D eigenvalue weighted by Crippen LogP contribution is 2.29. The third kappa shape index (κ3) is 3.30. The molecule has 11 heteroatoms. The van der Waals surface area contributed by atoms with Crippen LogP contribution in [0.4, 0.5) is 13.2 Å². The molecule has 0 aliphatic carbocycles. The van der Waals surface area contributed by atoms with Gasteiger partial charge in [-0.2, -0.15) is 23.3 Å². The van der Waals surface area contributed by atoms with Gasteiger partial charge in [0, 0.05) is 18.8 Å². The van der Waals surface area contributed by atoms with E-state index in [1.165, 1.54) is 24.9 Å². The summed E-state index contributed by atoms with van der Waals surface area (Å²) in [4.78, 5) is 21.6. The lowest BCUT2D eigenvalue weighted by molar-refractivity contribution is -0.142. The number of fused-ring (bicyclic) bond motifs is 1. The van der Waals surface area contributed by atoms with Gasteiger partial charge in [0.1, 0.15) is 12.2 Å².